The van der Waals surface area contributed by atoms with Crippen molar-refractivity contribution in [3.05, 3.63) is 0 Å². The topological polar surface area (TPSA) is 49.8 Å². The summed E-state index contributed by atoms with van der Waals surface area (Å²) in [6.07, 6.45) is 5.42. The molecule has 1 aliphatic rings. The Bertz CT molecular complexity index is 254. The van der Waals surface area contributed by atoms with Gasteiger partial charge in [0.1, 0.15) is 0 Å². The molecule has 0 aromatic rings. The monoisotopic (exact) mass is 257 g/mol. The van der Waals surface area contributed by atoms with Crippen molar-refractivity contribution in [2.45, 2.75) is 64.0 Å². The molecule has 0 aromatic carbocycles. The Balaban J connectivity index is 2.64. The maximum atomic E-state index is 12.4. The van der Waals surface area contributed by atoms with Crippen LogP contribution in [0.25, 0.3) is 0 Å². The first kappa shape index (κ1) is 15.4. The summed E-state index contributed by atoms with van der Waals surface area (Å²) >= 11 is 0. The Morgan fingerprint density at radius 2 is 2.00 bits per heavy atom. The van der Waals surface area contributed by atoms with E-state index in [1.165, 1.54) is 0 Å². The van der Waals surface area contributed by atoms with E-state index in [1.807, 2.05) is 4.90 Å². The lowest BCUT2D eigenvalue weighted by Crippen LogP contribution is -2.48. The maximum Gasteiger partial charge on any atom is 0.225 e. The summed E-state index contributed by atoms with van der Waals surface area (Å²) in [7, 11) is 1.69. The third-order valence-corrected chi connectivity index (χ3v) is 4.22. The number of aliphatic hydroxyl groups is 1. The second kappa shape index (κ2) is 7.10. The van der Waals surface area contributed by atoms with Gasteiger partial charge in [-0.15, -0.1) is 0 Å². The zero-order chi connectivity index (χ0) is 13.6. The highest BCUT2D eigenvalue weighted by molar-refractivity contribution is 5.77. The third-order valence-electron chi connectivity index (χ3n) is 4.22. The van der Waals surface area contributed by atoms with E-state index in [1.54, 1.807) is 7.11 Å². The molecule has 0 saturated heterocycles. The molecule has 1 amide bonds. The van der Waals surface area contributed by atoms with E-state index in [0.717, 1.165) is 32.1 Å². The average Bonchev–Trinajstić information content (AvgIpc) is 2.34. The molecule has 4 heteroatoms. The predicted octanol–water partition coefficient (Wildman–Crippen LogP) is 1.96. The van der Waals surface area contributed by atoms with Gasteiger partial charge in [0, 0.05) is 19.7 Å². The summed E-state index contributed by atoms with van der Waals surface area (Å²) in [6.45, 7) is 4.63. The molecule has 0 bridgehead atoms. The molecule has 0 unspecified atom stereocenters. The summed E-state index contributed by atoms with van der Waals surface area (Å²) in [5.74, 6) is 0.124. The van der Waals surface area contributed by atoms with Crippen LogP contribution in [0.3, 0.4) is 0 Å². The fraction of sp³-hybridized carbons (Fsp3) is 0.929. The van der Waals surface area contributed by atoms with Crippen LogP contribution in [0.1, 0.15) is 52.4 Å². The van der Waals surface area contributed by atoms with Crippen LogP contribution in [-0.4, -0.2) is 47.8 Å². The first-order chi connectivity index (χ1) is 8.62. The molecule has 0 aromatic heterocycles. The zero-order valence-electron chi connectivity index (χ0n) is 11.9. The smallest absolute Gasteiger partial charge is 0.225 e. The third kappa shape index (κ3) is 3.45. The molecule has 4 nitrogen and oxygen atoms in total. The molecule has 18 heavy (non-hydrogen) atoms. The molecule has 1 saturated carbocycles. The van der Waals surface area contributed by atoms with Crippen molar-refractivity contribution in [3.8, 4) is 0 Å². The van der Waals surface area contributed by atoms with E-state index in [4.69, 9.17) is 9.84 Å². The standard InChI is InChI=1S/C14H27NO3/c1-4-12(5-2)15(9-10-16)13(17)11-14(18-3)7-6-8-14/h12,16H,4-11H2,1-3H3. The van der Waals surface area contributed by atoms with Crippen molar-refractivity contribution < 1.29 is 14.6 Å². The summed E-state index contributed by atoms with van der Waals surface area (Å²) in [6, 6.07) is 0.235. The van der Waals surface area contributed by atoms with Gasteiger partial charge < -0.3 is 14.7 Å². The number of carbonyl (C=O) groups is 1. The van der Waals surface area contributed by atoms with Gasteiger partial charge in [0.15, 0.2) is 0 Å². The fourth-order valence-corrected chi connectivity index (χ4v) is 2.75. The van der Waals surface area contributed by atoms with Crippen molar-refractivity contribution >= 4 is 5.91 Å². The Hall–Kier alpha value is -0.610. The average molecular weight is 257 g/mol. The van der Waals surface area contributed by atoms with E-state index in [2.05, 4.69) is 13.8 Å². The second-order valence-corrected chi connectivity index (χ2v) is 5.20. The van der Waals surface area contributed by atoms with Gasteiger partial charge in [-0.3, -0.25) is 4.79 Å². The SMILES string of the molecule is CCC(CC)N(CCO)C(=O)CC1(OC)CCC1. The lowest BCUT2D eigenvalue weighted by Gasteiger charge is -2.42. The quantitative estimate of drug-likeness (QED) is 0.723. The molecule has 0 heterocycles. The molecule has 1 N–H and O–H groups in total. The van der Waals surface area contributed by atoms with E-state index >= 15 is 0 Å². The number of rotatable bonds is 8. The molecular weight excluding hydrogens is 230 g/mol. The Kier molecular flexibility index (Phi) is 6.09. The number of amides is 1. The van der Waals surface area contributed by atoms with Crippen molar-refractivity contribution in [1.82, 2.24) is 4.90 Å². The van der Waals surface area contributed by atoms with Crippen molar-refractivity contribution in [2.75, 3.05) is 20.3 Å². The minimum Gasteiger partial charge on any atom is -0.395 e. The Labute approximate surface area is 110 Å². The maximum absolute atomic E-state index is 12.4. The predicted molar refractivity (Wildman–Crippen MR) is 71.4 cm³/mol. The second-order valence-electron chi connectivity index (χ2n) is 5.20. The number of methoxy groups -OCH3 is 1. The highest BCUT2D eigenvalue weighted by atomic mass is 16.5. The van der Waals surface area contributed by atoms with E-state index in [0.29, 0.717) is 13.0 Å². The van der Waals surface area contributed by atoms with Crippen LogP contribution in [0.4, 0.5) is 0 Å². The molecule has 0 radical (unpaired) electrons. The van der Waals surface area contributed by atoms with Gasteiger partial charge in [-0.05, 0) is 32.1 Å². The highest BCUT2D eigenvalue weighted by Gasteiger charge is 2.40. The van der Waals surface area contributed by atoms with Gasteiger partial charge in [0.25, 0.3) is 0 Å². The van der Waals surface area contributed by atoms with Crippen LogP contribution in [0.15, 0.2) is 0 Å². The number of aliphatic hydroxyl groups excluding tert-OH is 1. The molecule has 1 fully saturated rings. The molecular formula is C14H27NO3. The Morgan fingerprint density at radius 1 is 1.39 bits per heavy atom. The highest BCUT2D eigenvalue weighted by Crippen LogP contribution is 2.38. The molecule has 106 valence electrons. The van der Waals surface area contributed by atoms with Gasteiger partial charge in [0.05, 0.1) is 18.6 Å². The summed E-state index contributed by atoms with van der Waals surface area (Å²) < 4.78 is 5.51. The Morgan fingerprint density at radius 3 is 2.33 bits per heavy atom. The van der Waals surface area contributed by atoms with Gasteiger partial charge in [-0.25, -0.2) is 0 Å². The van der Waals surface area contributed by atoms with Gasteiger partial charge in [-0.2, -0.15) is 0 Å². The van der Waals surface area contributed by atoms with Crippen LogP contribution in [0.5, 0.6) is 0 Å². The molecule has 1 rings (SSSR count). The molecule has 0 aliphatic heterocycles. The molecule has 0 spiro atoms. The fourth-order valence-electron chi connectivity index (χ4n) is 2.75. The van der Waals surface area contributed by atoms with Crippen molar-refractivity contribution in [1.29, 1.82) is 0 Å². The summed E-state index contributed by atoms with van der Waals surface area (Å²) in [5, 5.41) is 9.13. The van der Waals surface area contributed by atoms with Crippen LogP contribution < -0.4 is 0 Å². The van der Waals surface area contributed by atoms with Crippen LogP contribution in [0.2, 0.25) is 0 Å². The first-order valence-corrected chi connectivity index (χ1v) is 7.08. The minimum absolute atomic E-state index is 0.0300. The summed E-state index contributed by atoms with van der Waals surface area (Å²) in [4.78, 5) is 14.2. The first-order valence-electron chi connectivity index (χ1n) is 7.08. The van der Waals surface area contributed by atoms with Crippen LogP contribution in [-0.2, 0) is 9.53 Å². The number of nitrogens with zero attached hydrogens (tertiary/aromatic N) is 1. The van der Waals surface area contributed by atoms with Crippen LogP contribution in [0, 0.1) is 0 Å². The van der Waals surface area contributed by atoms with Crippen molar-refractivity contribution in [3.63, 3.8) is 0 Å². The lowest BCUT2D eigenvalue weighted by molar-refractivity contribution is -0.147. The van der Waals surface area contributed by atoms with Gasteiger partial charge in [0.2, 0.25) is 5.91 Å². The minimum atomic E-state index is -0.225. The van der Waals surface area contributed by atoms with E-state index < -0.39 is 0 Å². The van der Waals surface area contributed by atoms with E-state index in [9.17, 15) is 4.79 Å². The number of hydrogen-bond donors (Lipinski definition) is 1. The van der Waals surface area contributed by atoms with E-state index in [-0.39, 0.29) is 24.2 Å². The number of carbonyl (C=O) groups excluding carboxylic acids is 1. The number of ether oxygens (including phenoxy) is 1. The lowest BCUT2D eigenvalue weighted by atomic mass is 9.77. The summed E-state index contributed by atoms with van der Waals surface area (Å²) in [5.41, 5.74) is -0.225. The molecule has 0 atom stereocenters. The number of hydrogen-bond acceptors (Lipinski definition) is 3. The van der Waals surface area contributed by atoms with Crippen molar-refractivity contribution in [2.24, 2.45) is 0 Å². The zero-order valence-corrected chi connectivity index (χ0v) is 11.9. The largest absolute Gasteiger partial charge is 0.395 e. The molecule has 1 aliphatic carbocycles. The van der Waals surface area contributed by atoms with Gasteiger partial charge >= 0.3 is 0 Å². The van der Waals surface area contributed by atoms with Gasteiger partial charge in [-0.1, -0.05) is 13.8 Å². The normalized spacial score (nSPS) is 17.6. The van der Waals surface area contributed by atoms with Crippen LogP contribution >= 0.6 is 0 Å².